The van der Waals surface area contributed by atoms with Gasteiger partial charge in [0.25, 0.3) is 5.91 Å². The van der Waals surface area contributed by atoms with Crippen molar-refractivity contribution in [3.8, 4) is 0 Å². The van der Waals surface area contributed by atoms with E-state index in [1.165, 1.54) is 6.07 Å². The molecule has 1 aromatic rings. The molecular weight excluding hydrogens is 236 g/mol. The van der Waals surface area contributed by atoms with E-state index in [2.05, 4.69) is 10.5 Å². The molecule has 0 spiro atoms. The largest absolute Gasteiger partial charge is 0.481 e. The van der Waals surface area contributed by atoms with Crippen LogP contribution < -0.4 is 5.32 Å². The maximum atomic E-state index is 11.7. The lowest BCUT2D eigenvalue weighted by Crippen LogP contribution is -2.41. The Hall–Kier alpha value is -1.85. The second-order valence-corrected chi connectivity index (χ2v) is 4.81. The molecule has 0 aromatic carbocycles. The summed E-state index contributed by atoms with van der Waals surface area (Å²) in [7, 11) is 0. The minimum Gasteiger partial charge on any atom is -0.481 e. The molecule has 18 heavy (non-hydrogen) atoms. The van der Waals surface area contributed by atoms with E-state index in [9.17, 15) is 14.7 Å². The van der Waals surface area contributed by atoms with Gasteiger partial charge in [0.1, 0.15) is 0 Å². The molecule has 1 aliphatic carbocycles. The second-order valence-electron chi connectivity index (χ2n) is 4.81. The zero-order valence-corrected chi connectivity index (χ0v) is 10.2. The van der Waals surface area contributed by atoms with E-state index in [4.69, 9.17) is 4.52 Å². The molecule has 1 fully saturated rings. The van der Waals surface area contributed by atoms with Crippen LogP contribution in [0.4, 0.5) is 0 Å². The van der Waals surface area contributed by atoms with E-state index in [0.29, 0.717) is 18.5 Å². The molecule has 6 heteroatoms. The van der Waals surface area contributed by atoms with Crippen molar-refractivity contribution in [3.63, 3.8) is 0 Å². The van der Waals surface area contributed by atoms with Crippen LogP contribution in [-0.4, -0.2) is 28.7 Å². The number of rotatable bonds is 4. The summed E-state index contributed by atoms with van der Waals surface area (Å²) in [6, 6.07) is 1.53. The van der Waals surface area contributed by atoms with Gasteiger partial charge in [0.2, 0.25) is 5.76 Å². The van der Waals surface area contributed by atoms with Gasteiger partial charge in [-0.3, -0.25) is 9.59 Å². The molecule has 1 heterocycles. The van der Waals surface area contributed by atoms with Gasteiger partial charge >= 0.3 is 5.97 Å². The van der Waals surface area contributed by atoms with E-state index in [1.807, 2.05) is 0 Å². The van der Waals surface area contributed by atoms with Gasteiger partial charge in [-0.05, 0) is 19.8 Å². The molecule has 98 valence electrons. The molecule has 0 aliphatic heterocycles. The minimum atomic E-state index is -0.839. The summed E-state index contributed by atoms with van der Waals surface area (Å²) in [5, 5.41) is 15.5. The zero-order chi connectivity index (χ0) is 13.2. The molecule has 0 saturated heterocycles. The smallest absolute Gasteiger partial charge is 0.311 e. The molecule has 0 atom stereocenters. The molecule has 2 rings (SSSR count). The first-order chi connectivity index (χ1) is 8.53. The van der Waals surface area contributed by atoms with Gasteiger partial charge in [0.05, 0.1) is 11.1 Å². The lowest BCUT2D eigenvalue weighted by atomic mass is 9.86. The quantitative estimate of drug-likeness (QED) is 0.844. The fourth-order valence-electron chi connectivity index (χ4n) is 2.33. The van der Waals surface area contributed by atoms with Crippen LogP contribution in [0.3, 0.4) is 0 Å². The highest BCUT2D eigenvalue weighted by Crippen LogP contribution is 2.37. The van der Waals surface area contributed by atoms with E-state index >= 15 is 0 Å². The molecule has 1 aromatic heterocycles. The fraction of sp³-hybridized carbons (Fsp3) is 0.583. The summed E-state index contributed by atoms with van der Waals surface area (Å²) >= 11 is 0. The third-order valence-corrected chi connectivity index (χ3v) is 3.45. The van der Waals surface area contributed by atoms with Crippen molar-refractivity contribution in [2.45, 2.75) is 32.6 Å². The first-order valence-corrected chi connectivity index (χ1v) is 5.98. The Morgan fingerprint density at radius 1 is 1.50 bits per heavy atom. The maximum Gasteiger partial charge on any atom is 0.311 e. The monoisotopic (exact) mass is 252 g/mol. The van der Waals surface area contributed by atoms with E-state index in [-0.39, 0.29) is 12.3 Å². The van der Waals surface area contributed by atoms with Crippen molar-refractivity contribution in [1.29, 1.82) is 0 Å². The summed E-state index contributed by atoms with van der Waals surface area (Å²) in [6.45, 7) is 1.86. The Bertz CT molecular complexity index is 460. The molecule has 1 saturated carbocycles. The molecule has 2 N–H and O–H groups in total. The number of hydrogen-bond acceptors (Lipinski definition) is 4. The molecule has 0 unspecified atom stereocenters. The standard InChI is InChI=1S/C12H16N2O4/c1-8-6-9(18-14-8)10(15)13-7-12(11(16)17)4-2-3-5-12/h6H,2-5,7H2,1H3,(H,13,15)(H,16,17). The van der Waals surface area contributed by atoms with Gasteiger partial charge in [0.15, 0.2) is 0 Å². The van der Waals surface area contributed by atoms with E-state index in [0.717, 1.165) is 12.8 Å². The zero-order valence-electron chi connectivity index (χ0n) is 10.2. The average molecular weight is 252 g/mol. The minimum absolute atomic E-state index is 0.117. The highest BCUT2D eigenvalue weighted by Gasteiger charge is 2.41. The van der Waals surface area contributed by atoms with Crippen LogP contribution in [-0.2, 0) is 4.79 Å². The number of carbonyl (C=O) groups excluding carboxylic acids is 1. The van der Waals surface area contributed by atoms with Crippen LogP contribution >= 0.6 is 0 Å². The predicted octanol–water partition coefficient (Wildman–Crippen LogP) is 1.36. The number of carbonyl (C=O) groups is 2. The Morgan fingerprint density at radius 3 is 2.67 bits per heavy atom. The van der Waals surface area contributed by atoms with Crippen molar-refractivity contribution in [3.05, 3.63) is 17.5 Å². The Balaban J connectivity index is 1.98. The van der Waals surface area contributed by atoms with Crippen molar-refractivity contribution < 1.29 is 19.2 Å². The van der Waals surface area contributed by atoms with Gasteiger partial charge < -0.3 is 14.9 Å². The van der Waals surface area contributed by atoms with Crippen LogP contribution in [0, 0.1) is 12.3 Å². The van der Waals surface area contributed by atoms with Gasteiger partial charge in [-0.2, -0.15) is 0 Å². The van der Waals surface area contributed by atoms with Crippen LogP contribution in [0.25, 0.3) is 0 Å². The Labute approximate surface area is 104 Å². The van der Waals surface area contributed by atoms with Crippen LogP contribution in [0.15, 0.2) is 10.6 Å². The third-order valence-electron chi connectivity index (χ3n) is 3.45. The second kappa shape index (κ2) is 4.80. The topological polar surface area (TPSA) is 92.4 Å². The number of nitrogens with zero attached hydrogens (tertiary/aromatic N) is 1. The van der Waals surface area contributed by atoms with E-state index in [1.54, 1.807) is 6.92 Å². The van der Waals surface area contributed by atoms with Crippen molar-refractivity contribution in [1.82, 2.24) is 10.5 Å². The summed E-state index contributed by atoms with van der Waals surface area (Å²) in [4.78, 5) is 23.0. The van der Waals surface area contributed by atoms with Gasteiger partial charge in [-0.15, -0.1) is 0 Å². The van der Waals surface area contributed by atoms with Gasteiger partial charge in [-0.25, -0.2) is 0 Å². The third kappa shape index (κ3) is 2.37. The number of hydrogen-bond donors (Lipinski definition) is 2. The predicted molar refractivity (Wildman–Crippen MR) is 62.1 cm³/mol. The molecule has 6 nitrogen and oxygen atoms in total. The molecular formula is C12H16N2O4. The summed E-state index contributed by atoms with van der Waals surface area (Å²) in [5.41, 5.74) is -0.195. The first kappa shape index (κ1) is 12.6. The van der Waals surface area contributed by atoms with Crippen LogP contribution in [0.2, 0.25) is 0 Å². The molecule has 1 amide bonds. The number of aryl methyl sites for hydroxylation is 1. The van der Waals surface area contributed by atoms with Crippen molar-refractivity contribution in [2.24, 2.45) is 5.41 Å². The molecule has 0 radical (unpaired) electrons. The molecule has 1 aliphatic rings. The van der Waals surface area contributed by atoms with Gasteiger partial charge in [0, 0.05) is 12.6 Å². The Morgan fingerprint density at radius 2 is 2.17 bits per heavy atom. The van der Waals surface area contributed by atoms with Crippen molar-refractivity contribution >= 4 is 11.9 Å². The fourth-order valence-corrected chi connectivity index (χ4v) is 2.33. The highest BCUT2D eigenvalue weighted by atomic mass is 16.5. The SMILES string of the molecule is Cc1cc(C(=O)NCC2(C(=O)O)CCCC2)on1. The maximum absolute atomic E-state index is 11.7. The van der Waals surface area contributed by atoms with Crippen LogP contribution in [0.1, 0.15) is 41.9 Å². The van der Waals surface area contributed by atoms with E-state index < -0.39 is 17.3 Å². The first-order valence-electron chi connectivity index (χ1n) is 5.98. The Kier molecular flexibility index (Phi) is 3.36. The highest BCUT2D eigenvalue weighted by molar-refractivity contribution is 5.91. The normalized spacial score (nSPS) is 17.6. The van der Waals surface area contributed by atoms with Gasteiger partial charge in [-0.1, -0.05) is 18.0 Å². The van der Waals surface area contributed by atoms with Crippen LogP contribution in [0.5, 0.6) is 0 Å². The number of amides is 1. The molecule has 0 bridgehead atoms. The summed E-state index contributed by atoms with van der Waals surface area (Å²) < 4.78 is 4.83. The summed E-state index contributed by atoms with van der Waals surface area (Å²) in [5.74, 6) is -1.14. The van der Waals surface area contributed by atoms with Crippen molar-refractivity contribution in [2.75, 3.05) is 6.54 Å². The lowest BCUT2D eigenvalue weighted by molar-refractivity contribution is -0.148. The lowest BCUT2D eigenvalue weighted by Gasteiger charge is -2.23. The average Bonchev–Trinajstić information content (AvgIpc) is 2.95. The number of aliphatic carboxylic acids is 1. The number of carboxylic acids is 1. The number of aromatic nitrogens is 1. The summed E-state index contributed by atoms with van der Waals surface area (Å²) in [6.07, 6.45) is 3.00. The number of nitrogens with one attached hydrogen (secondary N) is 1. The number of carboxylic acid groups (broad SMARTS) is 1.